The lowest BCUT2D eigenvalue weighted by molar-refractivity contribution is 0.0951. The number of nitrogens with one attached hydrogen (secondary N) is 1. The topological polar surface area (TPSA) is 38.3 Å². The number of hydrogen-bond donors (Lipinski definition) is 1. The van der Waals surface area contributed by atoms with Gasteiger partial charge in [0.25, 0.3) is 5.91 Å². The van der Waals surface area contributed by atoms with Crippen LogP contribution in [0.5, 0.6) is 5.75 Å². The predicted octanol–water partition coefficient (Wildman–Crippen LogP) is 4.08. The fourth-order valence-corrected chi connectivity index (χ4v) is 2.76. The van der Waals surface area contributed by atoms with Gasteiger partial charge in [-0.05, 0) is 50.3 Å². The quantitative estimate of drug-likeness (QED) is 0.822. The highest BCUT2D eigenvalue weighted by Gasteiger charge is 2.12. The number of rotatable bonds is 5. The Hall–Kier alpha value is -1.29. The maximum atomic E-state index is 12.2. The first-order valence-corrected chi connectivity index (χ1v) is 7.79. The van der Waals surface area contributed by atoms with E-state index in [9.17, 15) is 4.79 Å². The third-order valence-electron chi connectivity index (χ3n) is 3.52. The third-order valence-corrected chi connectivity index (χ3v) is 4.02. The second kappa shape index (κ2) is 7.48. The molecule has 0 heterocycles. The summed E-state index contributed by atoms with van der Waals surface area (Å²) in [7, 11) is 1.57. The SMILES string of the molecule is COc1cc(Br)ccc1C(=O)NCCC1=CCCCC1. The normalized spacial score (nSPS) is 14.6. The number of benzene rings is 1. The Labute approximate surface area is 128 Å². The summed E-state index contributed by atoms with van der Waals surface area (Å²) in [6.07, 6.45) is 8.20. The average molecular weight is 338 g/mol. The molecule has 0 spiro atoms. The summed E-state index contributed by atoms with van der Waals surface area (Å²) in [5.41, 5.74) is 2.05. The van der Waals surface area contributed by atoms with Gasteiger partial charge in [0.05, 0.1) is 12.7 Å². The number of carbonyl (C=O) groups excluding carboxylic acids is 1. The van der Waals surface area contributed by atoms with Crippen LogP contribution in [-0.2, 0) is 0 Å². The van der Waals surface area contributed by atoms with Crippen molar-refractivity contribution in [1.29, 1.82) is 0 Å². The van der Waals surface area contributed by atoms with Crippen molar-refractivity contribution in [3.05, 3.63) is 39.9 Å². The van der Waals surface area contributed by atoms with Gasteiger partial charge in [-0.3, -0.25) is 4.79 Å². The van der Waals surface area contributed by atoms with Crippen LogP contribution < -0.4 is 10.1 Å². The van der Waals surface area contributed by atoms with Crippen LogP contribution in [0.3, 0.4) is 0 Å². The van der Waals surface area contributed by atoms with Crippen molar-refractivity contribution in [3.8, 4) is 5.75 Å². The van der Waals surface area contributed by atoms with Crippen molar-refractivity contribution in [2.24, 2.45) is 0 Å². The minimum atomic E-state index is -0.0780. The Balaban J connectivity index is 1.90. The van der Waals surface area contributed by atoms with Crippen LogP contribution in [-0.4, -0.2) is 19.6 Å². The molecular weight excluding hydrogens is 318 g/mol. The van der Waals surface area contributed by atoms with Gasteiger partial charge in [-0.1, -0.05) is 27.6 Å². The molecule has 4 heteroatoms. The van der Waals surface area contributed by atoms with E-state index in [1.807, 2.05) is 6.07 Å². The molecule has 0 unspecified atom stereocenters. The number of hydrogen-bond acceptors (Lipinski definition) is 2. The zero-order chi connectivity index (χ0) is 14.4. The maximum Gasteiger partial charge on any atom is 0.255 e. The molecule has 0 radical (unpaired) electrons. The van der Waals surface area contributed by atoms with Crippen molar-refractivity contribution >= 4 is 21.8 Å². The van der Waals surface area contributed by atoms with Crippen LogP contribution in [0, 0.1) is 0 Å². The van der Waals surface area contributed by atoms with Gasteiger partial charge in [0, 0.05) is 11.0 Å². The van der Waals surface area contributed by atoms with E-state index < -0.39 is 0 Å². The molecule has 0 bridgehead atoms. The van der Waals surface area contributed by atoms with Crippen molar-refractivity contribution in [2.75, 3.05) is 13.7 Å². The third kappa shape index (κ3) is 4.10. The Kier molecular flexibility index (Phi) is 5.65. The molecule has 108 valence electrons. The molecule has 1 aromatic rings. The van der Waals surface area contributed by atoms with Crippen LogP contribution in [0.15, 0.2) is 34.3 Å². The number of carbonyl (C=O) groups is 1. The van der Waals surface area contributed by atoms with E-state index in [1.54, 1.807) is 19.2 Å². The first kappa shape index (κ1) is 15.1. The van der Waals surface area contributed by atoms with Crippen LogP contribution >= 0.6 is 15.9 Å². The molecule has 0 fully saturated rings. The lowest BCUT2D eigenvalue weighted by Crippen LogP contribution is -2.25. The van der Waals surface area contributed by atoms with E-state index in [4.69, 9.17) is 4.74 Å². The summed E-state index contributed by atoms with van der Waals surface area (Å²) in [6, 6.07) is 5.43. The maximum absolute atomic E-state index is 12.2. The molecule has 1 aliphatic rings. The molecular formula is C16H20BrNO2. The Morgan fingerprint density at radius 3 is 2.95 bits per heavy atom. The van der Waals surface area contributed by atoms with Gasteiger partial charge in [0.2, 0.25) is 0 Å². The summed E-state index contributed by atoms with van der Waals surface area (Å²) in [4.78, 5) is 12.2. The largest absolute Gasteiger partial charge is 0.496 e. The zero-order valence-corrected chi connectivity index (χ0v) is 13.3. The number of ether oxygens (including phenoxy) is 1. The average Bonchev–Trinajstić information content (AvgIpc) is 2.48. The molecule has 0 aliphatic heterocycles. The van der Waals surface area contributed by atoms with E-state index in [-0.39, 0.29) is 5.91 Å². The van der Waals surface area contributed by atoms with Crippen molar-refractivity contribution in [1.82, 2.24) is 5.32 Å². The van der Waals surface area contributed by atoms with Gasteiger partial charge in [-0.2, -0.15) is 0 Å². The molecule has 2 rings (SSSR count). The molecule has 0 saturated heterocycles. The highest BCUT2D eigenvalue weighted by Crippen LogP contribution is 2.23. The first-order chi connectivity index (χ1) is 9.70. The van der Waals surface area contributed by atoms with E-state index in [0.29, 0.717) is 17.9 Å². The predicted molar refractivity (Wildman–Crippen MR) is 84.2 cm³/mol. The van der Waals surface area contributed by atoms with Crippen LogP contribution in [0.1, 0.15) is 42.5 Å². The van der Waals surface area contributed by atoms with Gasteiger partial charge < -0.3 is 10.1 Å². The molecule has 3 nitrogen and oxygen atoms in total. The minimum absolute atomic E-state index is 0.0780. The lowest BCUT2D eigenvalue weighted by atomic mass is 9.97. The fraction of sp³-hybridized carbons (Fsp3) is 0.438. The summed E-state index contributed by atoms with van der Waals surface area (Å²) < 4.78 is 6.14. The standard InChI is InChI=1S/C16H20BrNO2/c1-20-15-11-13(17)7-8-14(15)16(19)18-10-9-12-5-3-2-4-6-12/h5,7-8,11H,2-4,6,9-10H2,1H3,(H,18,19). The van der Waals surface area contributed by atoms with Crippen molar-refractivity contribution in [2.45, 2.75) is 32.1 Å². The molecule has 1 aliphatic carbocycles. The molecule has 0 aromatic heterocycles. The molecule has 0 atom stereocenters. The van der Waals surface area contributed by atoms with E-state index in [0.717, 1.165) is 10.9 Å². The number of allylic oxidation sites excluding steroid dienone is 1. The van der Waals surface area contributed by atoms with E-state index in [1.165, 1.54) is 31.3 Å². The zero-order valence-electron chi connectivity index (χ0n) is 11.7. The van der Waals surface area contributed by atoms with Crippen LogP contribution in [0.25, 0.3) is 0 Å². The molecule has 20 heavy (non-hydrogen) atoms. The van der Waals surface area contributed by atoms with Crippen LogP contribution in [0.4, 0.5) is 0 Å². The van der Waals surface area contributed by atoms with Gasteiger partial charge in [-0.15, -0.1) is 0 Å². The number of halogens is 1. The van der Waals surface area contributed by atoms with Gasteiger partial charge in [-0.25, -0.2) is 0 Å². The number of methoxy groups -OCH3 is 1. The smallest absolute Gasteiger partial charge is 0.255 e. The highest BCUT2D eigenvalue weighted by atomic mass is 79.9. The summed E-state index contributed by atoms with van der Waals surface area (Å²) >= 11 is 3.37. The van der Waals surface area contributed by atoms with Crippen LogP contribution in [0.2, 0.25) is 0 Å². The van der Waals surface area contributed by atoms with Crippen molar-refractivity contribution in [3.63, 3.8) is 0 Å². The summed E-state index contributed by atoms with van der Waals surface area (Å²) in [5, 5.41) is 2.97. The van der Waals surface area contributed by atoms with E-state index in [2.05, 4.69) is 27.3 Å². The summed E-state index contributed by atoms with van der Waals surface area (Å²) in [5.74, 6) is 0.513. The number of amides is 1. The molecule has 1 amide bonds. The van der Waals surface area contributed by atoms with Gasteiger partial charge in [0.1, 0.15) is 5.75 Å². The Bertz CT molecular complexity index is 511. The monoisotopic (exact) mass is 337 g/mol. The Morgan fingerprint density at radius 2 is 2.25 bits per heavy atom. The second-order valence-corrected chi connectivity index (χ2v) is 5.87. The first-order valence-electron chi connectivity index (χ1n) is 7.00. The van der Waals surface area contributed by atoms with Gasteiger partial charge in [0.15, 0.2) is 0 Å². The highest BCUT2D eigenvalue weighted by molar-refractivity contribution is 9.10. The molecule has 1 N–H and O–H groups in total. The van der Waals surface area contributed by atoms with Gasteiger partial charge >= 0.3 is 0 Å². The Morgan fingerprint density at radius 1 is 1.40 bits per heavy atom. The minimum Gasteiger partial charge on any atom is -0.496 e. The van der Waals surface area contributed by atoms with Crippen molar-refractivity contribution < 1.29 is 9.53 Å². The molecule has 0 saturated carbocycles. The van der Waals surface area contributed by atoms with E-state index >= 15 is 0 Å². The lowest BCUT2D eigenvalue weighted by Gasteiger charge is -2.13. The second-order valence-electron chi connectivity index (χ2n) is 4.96. The summed E-state index contributed by atoms with van der Waals surface area (Å²) in [6.45, 7) is 0.684. The fourth-order valence-electron chi connectivity index (χ4n) is 2.42. The molecule has 1 aromatic carbocycles.